The number of amides is 2. The quantitative estimate of drug-likeness (QED) is 0.287. The summed E-state index contributed by atoms with van der Waals surface area (Å²) in [5.74, 6) is 0.112. The van der Waals surface area contributed by atoms with Gasteiger partial charge in [0.05, 0.1) is 16.7 Å². The highest BCUT2D eigenvalue weighted by Crippen LogP contribution is 2.19. The van der Waals surface area contributed by atoms with Crippen molar-refractivity contribution in [1.82, 2.24) is 5.32 Å². The second kappa shape index (κ2) is 11.4. The van der Waals surface area contributed by atoms with Gasteiger partial charge in [0, 0.05) is 23.6 Å². The van der Waals surface area contributed by atoms with Gasteiger partial charge < -0.3 is 20.8 Å². The van der Waals surface area contributed by atoms with Crippen LogP contribution < -0.4 is 15.4 Å². The smallest absolute Gasteiger partial charge is 0.319 e. The molecule has 0 fully saturated rings. The van der Waals surface area contributed by atoms with E-state index >= 15 is 0 Å². The van der Waals surface area contributed by atoms with Gasteiger partial charge in [0.25, 0.3) is 10.0 Å². The summed E-state index contributed by atoms with van der Waals surface area (Å²) in [7, 11) is -3.80. The first-order valence-corrected chi connectivity index (χ1v) is 11.6. The number of rotatable bonds is 9. The number of carbonyl (C=O) groups is 1. The molecule has 0 aliphatic carbocycles. The van der Waals surface area contributed by atoms with Crippen molar-refractivity contribution in [3.8, 4) is 0 Å². The van der Waals surface area contributed by atoms with Crippen molar-refractivity contribution in [1.29, 1.82) is 0 Å². The predicted molar refractivity (Wildman–Crippen MR) is 126 cm³/mol. The minimum absolute atomic E-state index is 0.0249. The van der Waals surface area contributed by atoms with Crippen molar-refractivity contribution in [3.63, 3.8) is 0 Å². The Bertz CT molecular complexity index is 1070. The Hall–Kier alpha value is -3.30. The molecule has 0 saturated heterocycles. The SMILES string of the molecule is C/C=C\C(=C(/C)O)C(C)NC(=O)Nc1ccc(S(=O)(=O)Nc2ccc(CCO)cc2)cc1. The van der Waals surface area contributed by atoms with Gasteiger partial charge in [-0.15, -0.1) is 0 Å². The number of hydrogen-bond acceptors (Lipinski definition) is 5. The molecular formula is C23H29N3O5S. The molecule has 2 rings (SSSR count). The van der Waals surface area contributed by atoms with Crippen molar-refractivity contribution in [2.24, 2.45) is 0 Å². The van der Waals surface area contributed by atoms with E-state index in [-0.39, 0.29) is 17.3 Å². The summed E-state index contributed by atoms with van der Waals surface area (Å²) in [5.41, 5.74) is 2.31. The van der Waals surface area contributed by atoms with Gasteiger partial charge in [-0.1, -0.05) is 24.3 Å². The standard InChI is InChI=1S/C23H29N3O5S/c1-4-5-22(17(3)28)16(2)24-23(29)25-19-10-12-21(13-11-19)32(30,31)26-20-8-6-18(7-9-20)14-15-27/h4-13,16,26-28H,14-15H2,1-3H3,(H2,24,25,29)/b5-4-,22-17-. The number of sulfonamides is 1. The second-order valence-electron chi connectivity index (χ2n) is 7.16. The fraction of sp³-hybridized carbons (Fsp3) is 0.261. The molecule has 2 amide bonds. The Morgan fingerprint density at radius 3 is 2.19 bits per heavy atom. The summed E-state index contributed by atoms with van der Waals surface area (Å²) in [5, 5.41) is 24.1. The minimum atomic E-state index is -3.80. The van der Waals surface area contributed by atoms with Crippen LogP contribution >= 0.6 is 0 Å². The third kappa shape index (κ3) is 7.14. The Balaban J connectivity index is 2.02. The summed E-state index contributed by atoms with van der Waals surface area (Å²) >= 11 is 0. The van der Waals surface area contributed by atoms with E-state index < -0.39 is 22.1 Å². The van der Waals surface area contributed by atoms with Crippen LogP contribution in [0.5, 0.6) is 0 Å². The highest BCUT2D eigenvalue weighted by molar-refractivity contribution is 7.92. The molecule has 32 heavy (non-hydrogen) atoms. The lowest BCUT2D eigenvalue weighted by Crippen LogP contribution is -2.37. The number of carbonyl (C=O) groups excluding carboxylic acids is 1. The molecule has 9 heteroatoms. The Kier molecular flexibility index (Phi) is 8.86. The molecule has 5 N–H and O–H groups in total. The van der Waals surface area contributed by atoms with Gasteiger partial charge in [-0.2, -0.15) is 0 Å². The van der Waals surface area contributed by atoms with E-state index in [9.17, 15) is 18.3 Å². The molecular weight excluding hydrogens is 430 g/mol. The summed E-state index contributed by atoms with van der Waals surface area (Å²) < 4.78 is 27.7. The van der Waals surface area contributed by atoms with Gasteiger partial charge in [0.2, 0.25) is 0 Å². The first-order valence-electron chi connectivity index (χ1n) is 10.1. The number of allylic oxidation sites excluding steroid dienone is 2. The maximum atomic E-state index is 12.6. The number of aliphatic hydroxyl groups excluding tert-OH is 2. The maximum absolute atomic E-state index is 12.6. The number of benzene rings is 2. The third-order valence-corrected chi connectivity index (χ3v) is 6.00. The first kappa shape index (κ1) is 25.0. The van der Waals surface area contributed by atoms with Crippen molar-refractivity contribution in [2.45, 2.75) is 38.1 Å². The average molecular weight is 460 g/mol. The highest BCUT2D eigenvalue weighted by Gasteiger charge is 2.16. The fourth-order valence-corrected chi connectivity index (χ4v) is 4.06. The largest absolute Gasteiger partial charge is 0.512 e. The monoisotopic (exact) mass is 459 g/mol. The number of nitrogens with one attached hydrogen (secondary N) is 3. The lowest BCUT2D eigenvalue weighted by Gasteiger charge is -2.17. The van der Waals surface area contributed by atoms with Crippen LogP contribution in [0.15, 0.2) is 76.9 Å². The lowest BCUT2D eigenvalue weighted by atomic mass is 10.1. The molecule has 0 radical (unpaired) electrons. The predicted octanol–water partition coefficient (Wildman–Crippen LogP) is 3.94. The summed E-state index contributed by atoms with van der Waals surface area (Å²) in [6.45, 7) is 5.12. The summed E-state index contributed by atoms with van der Waals surface area (Å²) in [6.07, 6.45) is 3.98. The van der Waals surface area contributed by atoms with Crippen molar-refractivity contribution >= 4 is 27.4 Å². The topological polar surface area (TPSA) is 128 Å². The molecule has 0 bridgehead atoms. The molecule has 0 aliphatic heterocycles. The third-order valence-electron chi connectivity index (χ3n) is 4.61. The van der Waals surface area contributed by atoms with Crippen molar-refractivity contribution in [3.05, 3.63) is 77.6 Å². The zero-order valence-electron chi connectivity index (χ0n) is 18.3. The van der Waals surface area contributed by atoms with Gasteiger partial charge in [-0.25, -0.2) is 13.2 Å². The van der Waals surface area contributed by atoms with Crippen LogP contribution in [0.4, 0.5) is 16.2 Å². The normalized spacial score (nSPS) is 13.4. The van der Waals surface area contributed by atoms with Gasteiger partial charge in [0.15, 0.2) is 0 Å². The average Bonchev–Trinajstić information content (AvgIpc) is 2.73. The van der Waals surface area contributed by atoms with E-state index in [0.717, 1.165) is 5.56 Å². The van der Waals surface area contributed by atoms with Gasteiger partial charge in [-0.3, -0.25) is 4.72 Å². The molecule has 0 saturated carbocycles. The molecule has 2 aromatic rings. The van der Waals surface area contributed by atoms with Crippen LogP contribution in [-0.4, -0.2) is 37.3 Å². The van der Waals surface area contributed by atoms with Crippen molar-refractivity contribution < 1.29 is 23.4 Å². The molecule has 0 aliphatic rings. The second-order valence-corrected chi connectivity index (χ2v) is 8.84. The van der Waals surface area contributed by atoms with Gasteiger partial charge >= 0.3 is 6.03 Å². The Morgan fingerprint density at radius 1 is 1.06 bits per heavy atom. The zero-order valence-corrected chi connectivity index (χ0v) is 19.1. The van der Waals surface area contributed by atoms with E-state index in [4.69, 9.17) is 5.11 Å². The molecule has 172 valence electrons. The molecule has 0 spiro atoms. The Morgan fingerprint density at radius 2 is 1.66 bits per heavy atom. The molecule has 0 aromatic heterocycles. The Labute approximate surface area is 188 Å². The van der Waals surface area contributed by atoms with Crippen LogP contribution in [0.3, 0.4) is 0 Å². The lowest BCUT2D eigenvalue weighted by molar-refractivity contribution is 0.250. The fourth-order valence-electron chi connectivity index (χ4n) is 3.00. The van der Waals surface area contributed by atoms with E-state index in [1.165, 1.54) is 24.3 Å². The van der Waals surface area contributed by atoms with Gasteiger partial charge in [0.1, 0.15) is 0 Å². The van der Waals surface area contributed by atoms with Crippen LogP contribution in [-0.2, 0) is 16.4 Å². The van der Waals surface area contributed by atoms with Crippen LogP contribution in [0.25, 0.3) is 0 Å². The van der Waals surface area contributed by atoms with E-state index in [1.54, 1.807) is 50.3 Å². The first-order chi connectivity index (χ1) is 15.2. The zero-order chi connectivity index (χ0) is 23.7. The van der Waals surface area contributed by atoms with E-state index in [1.807, 2.05) is 6.92 Å². The molecule has 0 heterocycles. The maximum Gasteiger partial charge on any atom is 0.319 e. The number of urea groups is 1. The summed E-state index contributed by atoms with van der Waals surface area (Å²) in [6, 6.07) is 11.6. The van der Waals surface area contributed by atoms with Crippen molar-refractivity contribution in [2.75, 3.05) is 16.6 Å². The van der Waals surface area contributed by atoms with Crippen LogP contribution in [0, 0.1) is 0 Å². The minimum Gasteiger partial charge on any atom is -0.512 e. The van der Waals surface area contributed by atoms with E-state index in [2.05, 4.69) is 15.4 Å². The molecule has 2 aromatic carbocycles. The van der Waals surface area contributed by atoms with Crippen LogP contribution in [0.2, 0.25) is 0 Å². The molecule has 1 unspecified atom stereocenters. The van der Waals surface area contributed by atoms with Crippen LogP contribution in [0.1, 0.15) is 26.3 Å². The van der Waals surface area contributed by atoms with Gasteiger partial charge in [-0.05, 0) is 69.2 Å². The highest BCUT2D eigenvalue weighted by atomic mass is 32.2. The number of anilines is 2. The van der Waals surface area contributed by atoms with E-state index in [0.29, 0.717) is 23.4 Å². The number of hydrogen-bond donors (Lipinski definition) is 5. The molecule has 1 atom stereocenters. The number of aliphatic hydroxyl groups is 2. The molecule has 8 nitrogen and oxygen atoms in total. The summed E-state index contributed by atoms with van der Waals surface area (Å²) in [4.78, 5) is 12.3.